The summed E-state index contributed by atoms with van der Waals surface area (Å²) in [5, 5.41) is 2.99. The van der Waals surface area contributed by atoms with Gasteiger partial charge >= 0.3 is 0 Å². The molecule has 0 aliphatic carbocycles. The van der Waals surface area contributed by atoms with Gasteiger partial charge in [-0.3, -0.25) is 4.79 Å². The Hall–Kier alpha value is -2.21. The van der Waals surface area contributed by atoms with Crippen LogP contribution in [0.4, 0.5) is 0 Å². The second-order valence-electron chi connectivity index (χ2n) is 6.81. The summed E-state index contributed by atoms with van der Waals surface area (Å²) < 4.78 is 0. The zero-order chi connectivity index (χ0) is 17.4. The predicted octanol–water partition coefficient (Wildman–Crippen LogP) is 3.58. The van der Waals surface area contributed by atoms with Crippen LogP contribution in [0.15, 0.2) is 23.6 Å². The number of benzene rings is 1. The maximum Gasteiger partial charge on any atom is 0.228 e. The minimum absolute atomic E-state index is 0.169. The van der Waals surface area contributed by atoms with E-state index in [2.05, 4.69) is 29.0 Å². The standard InChI is InChI=1S/C19H22N4OS/c1-12-5-3-7-16-18(12)22-19(21-16)14-6-4-8-23(10-14)17(24)9-15-11-25-13(2)20-15/h3,5,7,11,14H,4,6,8-10H2,1-2H3,(H,21,22)/t14-/m0/s1. The van der Waals surface area contributed by atoms with E-state index in [1.807, 2.05) is 23.3 Å². The Morgan fingerprint density at radius 1 is 1.36 bits per heavy atom. The van der Waals surface area contributed by atoms with Crippen LogP contribution in [0.25, 0.3) is 11.0 Å². The normalized spacial score (nSPS) is 18.0. The third kappa shape index (κ3) is 3.31. The van der Waals surface area contributed by atoms with E-state index in [0.717, 1.165) is 53.5 Å². The van der Waals surface area contributed by atoms with Gasteiger partial charge < -0.3 is 9.88 Å². The van der Waals surface area contributed by atoms with Crippen LogP contribution in [-0.2, 0) is 11.2 Å². The van der Waals surface area contributed by atoms with Crippen LogP contribution < -0.4 is 0 Å². The van der Waals surface area contributed by atoms with Crippen molar-refractivity contribution in [3.05, 3.63) is 45.7 Å². The van der Waals surface area contributed by atoms with E-state index in [9.17, 15) is 4.79 Å². The molecule has 1 aliphatic rings. The third-order valence-electron chi connectivity index (χ3n) is 4.89. The lowest BCUT2D eigenvalue weighted by Crippen LogP contribution is -2.40. The van der Waals surface area contributed by atoms with Gasteiger partial charge in [0.25, 0.3) is 0 Å². The van der Waals surface area contributed by atoms with Gasteiger partial charge in [-0.15, -0.1) is 11.3 Å². The van der Waals surface area contributed by atoms with E-state index < -0.39 is 0 Å². The second-order valence-corrected chi connectivity index (χ2v) is 7.87. The number of hydrogen-bond donors (Lipinski definition) is 1. The summed E-state index contributed by atoms with van der Waals surface area (Å²) in [5.41, 5.74) is 4.19. The van der Waals surface area contributed by atoms with E-state index in [4.69, 9.17) is 4.98 Å². The molecule has 130 valence electrons. The van der Waals surface area contributed by atoms with Crippen LogP contribution in [0.3, 0.4) is 0 Å². The number of para-hydroxylation sites is 1. The molecule has 0 spiro atoms. The number of aromatic nitrogens is 3. The molecule has 0 bridgehead atoms. The number of imidazole rings is 1. The Bertz CT molecular complexity index is 913. The monoisotopic (exact) mass is 354 g/mol. The number of fused-ring (bicyclic) bond motifs is 1. The molecule has 25 heavy (non-hydrogen) atoms. The van der Waals surface area contributed by atoms with Crippen molar-refractivity contribution in [2.45, 2.75) is 39.0 Å². The smallest absolute Gasteiger partial charge is 0.228 e. The van der Waals surface area contributed by atoms with Gasteiger partial charge in [0.05, 0.1) is 28.2 Å². The third-order valence-corrected chi connectivity index (χ3v) is 5.71. The van der Waals surface area contributed by atoms with Crippen molar-refractivity contribution in [3.63, 3.8) is 0 Å². The molecule has 1 aromatic carbocycles. The summed E-state index contributed by atoms with van der Waals surface area (Å²) in [6.45, 7) is 5.62. The van der Waals surface area contributed by atoms with Crippen LogP contribution in [0.2, 0.25) is 0 Å². The molecular weight excluding hydrogens is 332 g/mol. The highest BCUT2D eigenvalue weighted by Crippen LogP contribution is 2.28. The zero-order valence-corrected chi connectivity index (χ0v) is 15.4. The predicted molar refractivity (Wildman–Crippen MR) is 99.9 cm³/mol. The molecule has 1 N–H and O–H groups in total. The van der Waals surface area contributed by atoms with Crippen molar-refractivity contribution < 1.29 is 4.79 Å². The summed E-state index contributed by atoms with van der Waals surface area (Å²) in [7, 11) is 0. The summed E-state index contributed by atoms with van der Waals surface area (Å²) >= 11 is 1.60. The first-order chi connectivity index (χ1) is 12.1. The molecule has 4 rings (SSSR count). The highest BCUT2D eigenvalue weighted by Gasteiger charge is 2.27. The van der Waals surface area contributed by atoms with Crippen LogP contribution >= 0.6 is 11.3 Å². The number of rotatable bonds is 3. The minimum atomic E-state index is 0.169. The Morgan fingerprint density at radius 2 is 2.24 bits per heavy atom. The van der Waals surface area contributed by atoms with Crippen LogP contribution in [0, 0.1) is 13.8 Å². The van der Waals surface area contributed by atoms with E-state index in [-0.39, 0.29) is 11.8 Å². The molecule has 1 atom stereocenters. The Morgan fingerprint density at radius 3 is 3.00 bits per heavy atom. The van der Waals surface area contributed by atoms with Crippen molar-refractivity contribution in [1.29, 1.82) is 0 Å². The molecule has 2 aromatic heterocycles. The van der Waals surface area contributed by atoms with Gasteiger partial charge in [-0.25, -0.2) is 9.97 Å². The van der Waals surface area contributed by atoms with Gasteiger partial charge in [0.15, 0.2) is 0 Å². The van der Waals surface area contributed by atoms with Crippen molar-refractivity contribution in [3.8, 4) is 0 Å². The number of nitrogens with one attached hydrogen (secondary N) is 1. The van der Waals surface area contributed by atoms with Crippen LogP contribution in [0.5, 0.6) is 0 Å². The highest BCUT2D eigenvalue weighted by molar-refractivity contribution is 7.09. The molecule has 3 heterocycles. The fraction of sp³-hybridized carbons (Fsp3) is 0.421. The van der Waals surface area contributed by atoms with E-state index >= 15 is 0 Å². The number of amides is 1. The molecular formula is C19H22N4OS. The number of carbonyl (C=O) groups excluding carboxylic acids is 1. The molecule has 6 heteroatoms. The van der Waals surface area contributed by atoms with E-state index in [1.165, 1.54) is 5.56 Å². The van der Waals surface area contributed by atoms with Crippen molar-refractivity contribution in [1.82, 2.24) is 19.9 Å². The Labute approximate surface area is 151 Å². The summed E-state index contributed by atoms with van der Waals surface area (Å²) in [6, 6.07) is 6.20. The van der Waals surface area contributed by atoms with Gasteiger partial charge in [-0.1, -0.05) is 12.1 Å². The molecule has 0 unspecified atom stereocenters. The largest absolute Gasteiger partial charge is 0.342 e. The molecule has 1 amide bonds. The number of H-pyrrole nitrogens is 1. The summed E-state index contributed by atoms with van der Waals surface area (Å²) in [6.07, 6.45) is 2.48. The molecule has 3 aromatic rings. The fourth-order valence-corrected chi connectivity index (χ4v) is 4.18. The van der Waals surface area contributed by atoms with Gasteiger partial charge in [0.2, 0.25) is 5.91 Å². The number of piperidine rings is 1. The van der Waals surface area contributed by atoms with Crippen molar-refractivity contribution in [2.75, 3.05) is 13.1 Å². The van der Waals surface area contributed by atoms with Crippen molar-refractivity contribution >= 4 is 28.3 Å². The summed E-state index contributed by atoms with van der Waals surface area (Å²) in [5.74, 6) is 1.45. The lowest BCUT2D eigenvalue weighted by Gasteiger charge is -2.31. The number of hydrogen-bond acceptors (Lipinski definition) is 4. The molecule has 1 aliphatic heterocycles. The quantitative estimate of drug-likeness (QED) is 0.782. The lowest BCUT2D eigenvalue weighted by atomic mass is 9.97. The van der Waals surface area contributed by atoms with Crippen LogP contribution in [0.1, 0.15) is 40.8 Å². The molecule has 5 nitrogen and oxygen atoms in total. The van der Waals surface area contributed by atoms with Gasteiger partial charge in [-0.05, 0) is 38.3 Å². The average Bonchev–Trinajstić information content (AvgIpc) is 3.22. The molecule has 0 radical (unpaired) electrons. The number of carbonyl (C=O) groups is 1. The van der Waals surface area contributed by atoms with Crippen molar-refractivity contribution in [2.24, 2.45) is 0 Å². The lowest BCUT2D eigenvalue weighted by molar-refractivity contribution is -0.131. The number of nitrogens with zero attached hydrogens (tertiary/aromatic N) is 3. The van der Waals surface area contributed by atoms with E-state index in [0.29, 0.717) is 6.42 Å². The maximum atomic E-state index is 12.6. The first kappa shape index (κ1) is 16.3. The number of aromatic amines is 1. The number of aryl methyl sites for hydroxylation is 2. The minimum Gasteiger partial charge on any atom is -0.342 e. The fourth-order valence-electron chi connectivity index (χ4n) is 3.57. The maximum absolute atomic E-state index is 12.6. The van der Waals surface area contributed by atoms with Gasteiger partial charge in [0.1, 0.15) is 5.82 Å². The number of thiazole rings is 1. The highest BCUT2D eigenvalue weighted by atomic mass is 32.1. The first-order valence-electron chi connectivity index (χ1n) is 8.74. The average molecular weight is 354 g/mol. The van der Waals surface area contributed by atoms with Crippen LogP contribution in [-0.4, -0.2) is 38.8 Å². The molecule has 1 saturated heterocycles. The molecule has 0 saturated carbocycles. The van der Waals surface area contributed by atoms with Gasteiger partial charge in [0, 0.05) is 24.4 Å². The van der Waals surface area contributed by atoms with Gasteiger partial charge in [-0.2, -0.15) is 0 Å². The first-order valence-corrected chi connectivity index (χ1v) is 9.62. The SMILES string of the molecule is Cc1nc(CC(=O)N2CCC[C@H](c3nc4c(C)cccc4[nH]3)C2)cs1. The summed E-state index contributed by atoms with van der Waals surface area (Å²) in [4.78, 5) is 27.3. The number of likely N-dealkylation sites (tertiary alicyclic amines) is 1. The molecule has 1 fully saturated rings. The Kier molecular flexibility index (Phi) is 4.29. The topological polar surface area (TPSA) is 61.9 Å². The zero-order valence-electron chi connectivity index (χ0n) is 14.6. The van der Waals surface area contributed by atoms with E-state index in [1.54, 1.807) is 11.3 Å². The second kappa shape index (κ2) is 6.59. The Balaban J connectivity index is 1.49.